The molecule has 0 amide bonds. The van der Waals surface area contributed by atoms with E-state index < -0.39 is 10.0 Å². The molecule has 3 aromatic rings. The van der Waals surface area contributed by atoms with Crippen molar-refractivity contribution in [1.82, 2.24) is 14.7 Å². The van der Waals surface area contributed by atoms with Crippen LogP contribution in [-0.4, -0.2) is 36.6 Å². The van der Waals surface area contributed by atoms with Crippen LogP contribution in [0, 0.1) is 0 Å². The molecule has 0 aliphatic heterocycles. The number of sulfonamides is 1. The first-order valence-electron chi connectivity index (χ1n) is 7.69. The highest BCUT2D eigenvalue weighted by Crippen LogP contribution is 2.22. The first kappa shape index (κ1) is 16.6. The predicted octanol–water partition coefficient (Wildman–Crippen LogP) is 2.01. The van der Waals surface area contributed by atoms with Crippen LogP contribution < -0.4 is 4.72 Å². The molecule has 2 heterocycles. The number of hydrogen-bond donors (Lipinski definition) is 3. The third-order valence-electron chi connectivity index (χ3n) is 3.97. The number of aromatic amines is 1. The number of aliphatic hydroxyl groups is 1. The quantitative estimate of drug-likeness (QED) is 0.610. The molecule has 3 N–H and O–H groups in total. The van der Waals surface area contributed by atoms with E-state index in [2.05, 4.69) is 14.7 Å². The Labute approximate surface area is 140 Å². The number of fused-ring (bicyclic) bond motifs is 1. The standard InChI is InChI=1S/C17H19N3O3S/c21-10-8-14(13-5-2-1-3-6-13)11-20-24(22,23)16-12-19-17-15(16)7-4-9-18-17/h1-7,9,12,14,20-21H,8,10-11H2,(H,18,19). The number of aliphatic hydroxyl groups excluding tert-OH is 1. The van der Waals surface area contributed by atoms with E-state index >= 15 is 0 Å². The Morgan fingerprint density at radius 1 is 1.17 bits per heavy atom. The van der Waals surface area contributed by atoms with Gasteiger partial charge in [-0.25, -0.2) is 18.1 Å². The Kier molecular flexibility index (Phi) is 4.94. The van der Waals surface area contributed by atoms with Crippen LogP contribution in [0.2, 0.25) is 0 Å². The SMILES string of the molecule is O=S(=O)(NCC(CCO)c1ccccc1)c1c[nH]c2ncccc12. The van der Waals surface area contributed by atoms with Crippen molar-refractivity contribution >= 4 is 21.1 Å². The maximum absolute atomic E-state index is 12.6. The molecule has 0 saturated heterocycles. The largest absolute Gasteiger partial charge is 0.396 e. The molecule has 0 saturated carbocycles. The van der Waals surface area contributed by atoms with Crippen LogP contribution in [-0.2, 0) is 10.0 Å². The first-order chi connectivity index (χ1) is 11.6. The van der Waals surface area contributed by atoms with Crippen molar-refractivity contribution in [2.24, 2.45) is 0 Å². The highest BCUT2D eigenvalue weighted by molar-refractivity contribution is 7.89. The van der Waals surface area contributed by atoms with Gasteiger partial charge in [-0.3, -0.25) is 0 Å². The highest BCUT2D eigenvalue weighted by atomic mass is 32.2. The molecule has 6 nitrogen and oxygen atoms in total. The number of pyridine rings is 1. The number of aromatic nitrogens is 2. The van der Waals surface area contributed by atoms with E-state index in [-0.39, 0.29) is 24.0 Å². The number of hydrogen-bond acceptors (Lipinski definition) is 4. The minimum absolute atomic E-state index is 0.00169. The molecule has 7 heteroatoms. The molecule has 0 aliphatic rings. The molecule has 126 valence electrons. The smallest absolute Gasteiger partial charge is 0.242 e. The molecule has 3 rings (SSSR count). The molecule has 1 aromatic carbocycles. The number of H-pyrrole nitrogens is 1. The predicted molar refractivity (Wildman–Crippen MR) is 92.2 cm³/mol. The second-order valence-electron chi connectivity index (χ2n) is 5.52. The van der Waals surface area contributed by atoms with Crippen molar-refractivity contribution < 1.29 is 13.5 Å². The fourth-order valence-corrected chi connectivity index (χ4v) is 3.95. The molecule has 0 fully saturated rings. The van der Waals surface area contributed by atoms with Gasteiger partial charge in [0.25, 0.3) is 0 Å². The topological polar surface area (TPSA) is 95.1 Å². The van der Waals surface area contributed by atoms with Crippen LogP contribution in [0.4, 0.5) is 0 Å². The minimum atomic E-state index is -3.67. The van der Waals surface area contributed by atoms with Gasteiger partial charge >= 0.3 is 0 Å². The molecular formula is C17H19N3O3S. The summed E-state index contributed by atoms with van der Waals surface area (Å²) in [6, 6.07) is 13.0. The van der Waals surface area contributed by atoms with Gasteiger partial charge in [0, 0.05) is 30.9 Å². The van der Waals surface area contributed by atoms with Gasteiger partial charge in [-0.1, -0.05) is 30.3 Å². The summed E-state index contributed by atoms with van der Waals surface area (Å²) < 4.78 is 27.9. The zero-order chi connectivity index (χ0) is 17.0. The van der Waals surface area contributed by atoms with Crippen molar-refractivity contribution in [2.45, 2.75) is 17.2 Å². The lowest BCUT2D eigenvalue weighted by Gasteiger charge is -2.17. The van der Waals surface area contributed by atoms with Crippen molar-refractivity contribution in [3.05, 3.63) is 60.4 Å². The second kappa shape index (κ2) is 7.12. The molecule has 0 bridgehead atoms. The lowest BCUT2D eigenvalue weighted by molar-refractivity contribution is 0.275. The van der Waals surface area contributed by atoms with E-state index in [4.69, 9.17) is 0 Å². The maximum Gasteiger partial charge on any atom is 0.242 e. The van der Waals surface area contributed by atoms with Crippen molar-refractivity contribution in [3.63, 3.8) is 0 Å². The first-order valence-corrected chi connectivity index (χ1v) is 9.17. The fraction of sp³-hybridized carbons (Fsp3) is 0.235. The number of nitrogens with zero attached hydrogens (tertiary/aromatic N) is 1. The third kappa shape index (κ3) is 3.48. The van der Waals surface area contributed by atoms with Gasteiger partial charge in [-0.05, 0) is 30.0 Å². The molecule has 2 aromatic heterocycles. The van der Waals surface area contributed by atoms with Crippen LogP contribution in [0.1, 0.15) is 17.9 Å². The Bertz CT molecular complexity index is 907. The average molecular weight is 345 g/mol. The normalized spacial score (nSPS) is 13.2. The summed E-state index contributed by atoms with van der Waals surface area (Å²) >= 11 is 0. The average Bonchev–Trinajstić information content (AvgIpc) is 3.04. The summed E-state index contributed by atoms with van der Waals surface area (Å²) in [5, 5.41) is 9.82. The van der Waals surface area contributed by atoms with Gasteiger partial charge in [-0.15, -0.1) is 0 Å². The molecule has 0 radical (unpaired) electrons. The van der Waals surface area contributed by atoms with Gasteiger partial charge < -0.3 is 10.1 Å². The monoisotopic (exact) mass is 345 g/mol. The Morgan fingerprint density at radius 3 is 2.71 bits per heavy atom. The lowest BCUT2D eigenvalue weighted by Crippen LogP contribution is -2.29. The number of nitrogens with one attached hydrogen (secondary N) is 2. The second-order valence-corrected chi connectivity index (χ2v) is 7.26. The maximum atomic E-state index is 12.6. The molecule has 24 heavy (non-hydrogen) atoms. The highest BCUT2D eigenvalue weighted by Gasteiger charge is 2.21. The molecular weight excluding hydrogens is 326 g/mol. The van der Waals surface area contributed by atoms with Crippen LogP contribution in [0.3, 0.4) is 0 Å². The zero-order valence-corrected chi connectivity index (χ0v) is 13.8. The van der Waals surface area contributed by atoms with E-state index in [1.807, 2.05) is 30.3 Å². The third-order valence-corrected chi connectivity index (χ3v) is 5.43. The van der Waals surface area contributed by atoms with E-state index in [1.165, 1.54) is 6.20 Å². The summed E-state index contributed by atoms with van der Waals surface area (Å²) in [5.74, 6) is -0.0886. The Hall–Kier alpha value is -2.22. The summed E-state index contributed by atoms with van der Waals surface area (Å²) in [6.45, 7) is 0.220. The molecule has 0 spiro atoms. The molecule has 1 unspecified atom stereocenters. The van der Waals surface area contributed by atoms with Gasteiger partial charge in [-0.2, -0.15) is 0 Å². The number of rotatable bonds is 7. The van der Waals surface area contributed by atoms with Crippen LogP contribution in [0.15, 0.2) is 59.8 Å². The molecule has 1 atom stereocenters. The lowest BCUT2D eigenvalue weighted by atomic mass is 9.96. The zero-order valence-electron chi connectivity index (χ0n) is 13.0. The number of benzene rings is 1. The Morgan fingerprint density at radius 2 is 1.96 bits per heavy atom. The van der Waals surface area contributed by atoms with Crippen LogP contribution >= 0.6 is 0 Å². The fourth-order valence-electron chi connectivity index (χ4n) is 2.71. The summed E-state index contributed by atoms with van der Waals surface area (Å²) in [5.41, 5.74) is 1.53. The van der Waals surface area contributed by atoms with Crippen molar-refractivity contribution in [3.8, 4) is 0 Å². The van der Waals surface area contributed by atoms with Crippen LogP contribution in [0.25, 0.3) is 11.0 Å². The van der Waals surface area contributed by atoms with Crippen LogP contribution in [0.5, 0.6) is 0 Å². The van der Waals surface area contributed by atoms with Gasteiger partial charge in [0.2, 0.25) is 10.0 Å². The van der Waals surface area contributed by atoms with Crippen molar-refractivity contribution in [1.29, 1.82) is 0 Å². The van der Waals surface area contributed by atoms with E-state index in [9.17, 15) is 13.5 Å². The van der Waals surface area contributed by atoms with Gasteiger partial charge in [0.1, 0.15) is 10.5 Å². The molecule has 0 aliphatic carbocycles. The van der Waals surface area contributed by atoms with Crippen molar-refractivity contribution in [2.75, 3.05) is 13.2 Å². The van der Waals surface area contributed by atoms with E-state index in [0.717, 1.165) is 5.56 Å². The summed E-state index contributed by atoms with van der Waals surface area (Å²) in [7, 11) is -3.67. The minimum Gasteiger partial charge on any atom is -0.396 e. The van der Waals surface area contributed by atoms with Gasteiger partial charge in [0.05, 0.1) is 0 Å². The summed E-state index contributed by atoms with van der Waals surface area (Å²) in [6.07, 6.45) is 3.54. The van der Waals surface area contributed by atoms with E-state index in [1.54, 1.807) is 18.3 Å². The van der Waals surface area contributed by atoms with Gasteiger partial charge in [0.15, 0.2) is 0 Å². The van der Waals surface area contributed by atoms with E-state index in [0.29, 0.717) is 17.5 Å². The Balaban J connectivity index is 1.81. The summed E-state index contributed by atoms with van der Waals surface area (Å²) in [4.78, 5) is 7.16.